The summed E-state index contributed by atoms with van der Waals surface area (Å²) in [6.45, 7) is 7.85. The molecule has 1 aliphatic heterocycles. The summed E-state index contributed by atoms with van der Waals surface area (Å²) in [5.41, 5.74) is 5.31. The maximum atomic E-state index is 6.00. The lowest BCUT2D eigenvalue weighted by Gasteiger charge is -2.40. The van der Waals surface area contributed by atoms with Crippen molar-refractivity contribution in [2.75, 3.05) is 30.4 Å². The summed E-state index contributed by atoms with van der Waals surface area (Å²) in [6.07, 6.45) is 8.72. The maximum absolute atomic E-state index is 6.00. The van der Waals surface area contributed by atoms with Gasteiger partial charge in [-0.15, -0.1) is 0 Å². The van der Waals surface area contributed by atoms with Crippen molar-refractivity contribution in [2.45, 2.75) is 71.4 Å². The summed E-state index contributed by atoms with van der Waals surface area (Å²) in [7, 11) is 1.69. The minimum absolute atomic E-state index is 0.477. The van der Waals surface area contributed by atoms with Gasteiger partial charge in [-0.1, -0.05) is 38.8 Å². The van der Waals surface area contributed by atoms with Gasteiger partial charge in [0.25, 0.3) is 0 Å². The predicted molar refractivity (Wildman–Crippen MR) is 143 cm³/mol. The number of anilines is 2. The number of hydrogen-bond acceptors (Lipinski definition) is 3. The summed E-state index contributed by atoms with van der Waals surface area (Å²) >= 11 is 6.00. The standard InChI is InChI=1S/C28H39N3OS/c1-4-17-30-18-7-9-23-19-22(11-16-27(23)30)20-31(26-10-6-5-8-21(26)2)28(33)29-24-12-14-25(32-3)15-13-24/h11-16,19,21,26H,4-10,17-18,20H2,1-3H3,(H,29,33)/t21-,26+/m0/s1. The Morgan fingerprint density at radius 3 is 2.64 bits per heavy atom. The monoisotopic (exact) mass is 465 g/mol. The number of aryl methyl sites for hydroxylation is 1. The van der Waals surface area contributed by atoms with Gasteiger partial charge in [0.15, 0.2) is 5.11 Å². The van der Waals surface area contributed by atoms with E-state index < -0.39 is 0 Å². The molecular weight excluding hydrogens is 426 g/mol. The number of benzene rings is 2. The van der Waals surface area contributed by atoms with Crippen molar-refractivity contribution in [1.29, 1.82) is 0 Å². The zero-order valence-corrected chi connectivity index (χ0v) is 21.3. The van der Waals surface area contributed by atoms with Crippen LogP contribution in [-0.2, 0) is 13.0 Å². The van der Waals surface area contributed by atoms with Crippen LogP contribution in [0.25, 0.3) is 0 Å². The average molecular weight is 466 g/mol. The highest BCUT2D eigenvalue weighted by atomic mass is 32.1. The molecule has 1 saturated carbocycles. The minimum Gasteiger partial charge on any atom is -0.497 e. The van der Waals surface area contributed by atoms with Gasteiger partial charge < -0.3 is 19.9 Å². The fourth-order valence-corrected chi connectivity index (χ4v) is 5.81. The Morgan fingerprint density at radius 2 is 1.91 bits per heavy atom. The van der Waals surface area contributed by atoms with Crippen LogP contribution in [0.4, 0.5) is 11.4 Å². The molecule has 2 aromatic carbocycles. The maximum Gasteiger partial charge on any atom is 0.173 e. The molecule has 0 aromatic heterocycles. The molecule has 1 N–H and O–H groups in total. The van der Waals surface area contributed by atoms with Crippen molar-refractivity contribution in [3.63, 3.8) is 0 Å². The lowest BCUT2D eigenvalue weighted by atomic mass is 9.84. The highest BCUT2D eigenvalue weighted by Gasteiger charge is 2.29. The smallest absolute Gasteiger partial charge is 0.173 e. The molecule has 2 aliphatic rings. The quantitative estimate of drug-likeness (QED) is 0.463. The Balaban J connectivity index is 1.55. The van der Waals surface area contributed by atoms with E-state index in [1.54, 1.807) is 7.11 Å². The second-order valence-electron chi connectivity index (χ2n) is 9.67. The van der Waals surface area contributed by atoms with Crippen LogP contribution < -0.4 is 15.0 Å². The number of thiocarbonyl (C=S) groups is 1. The Labute approximate surface area is 205 Å². The topological polar surface area (TPSA) is 27.7 Å². The van der Waals surface area contributed by atoms with E-state index in [4.69, 9.17) is 17.0 Å². The van der Waals surface area contributed by atoms with Gasteiger partial charge in [0.1, 0.15) is 5.75 Å². The number of nitrogens with zero attached hydrogens (tertiary/aromatic N) is 2. The third-order valence-corrected chi connectivity index (χ3v) is 7.61. The molecule has 0 radical (unpaired) electrons. The van der Waals surface area contributed by atoms with Crippen molar-refractivity contribution < 1.29 is 4.74 Å². The van der Waals surface area contributed by atoms with Crippen LogP contribution >= 0.6 is 12.2 Å². The molecule has 0 amide bonds. The highest BCUT2D eigenvalue weighted by Crippen LogP contribution is 2.32. The molecule has 0 unspecified atom stereocenters. The number of nitrogens with one attached hydrogen (secondary N) is 1. The molecule has 0 saturated heterocycles. The molecule has 1 aliphatic carbocycles. The van der Waals surface area contributed by atoms with E-state index in [9.17, 15) is 0 Å². The SMILES string of the molecule is CCCN1CCCc2cc(CN(C(=S)Nc3ccc(OC)cc3)[C@@H]3CCCC[C@@H]3C)ccc21. The summed E-state index contributed by atoms with van der Waals surface area (Å²) < 4.78 is 5.30. The van der Waals surface area contributed by atoms with Gasteiger partial charge in [0, 0.05) is 37.1 Å². The van der Waals surface area contributed by atoms with E-state index in [1.165, 1.54) is 68.3 Å². The molecular formula is C28H39N3OS. The first-order valence-corrected chi connectivity index (χ1v) is 13.1. The third-order valence-electron chi connectivity index (χ3n) is 7.27. The van der Waals surface area contributed by atoms with E-state index in [0.29, 0.717) is 12.0 Å². The first-order valence-electron chi connectivity index (χ1n) is 12.7. The highest BCUT2D eigenvalue weighted by molar-refractivity contribution is 7.80. The van der Waals surface area contributed by atoms with Gasteiger partial charge in [-0.2, -0.15) is 0 Å². The van der Waals surface area contributed by atoms with E-state index in [0.717, 1.165) is 29.6 Å². The van der Waals surface area contributed by atoms with Crippen LogP contribution in [0.15, 0.2) is 42.5 Å². The number of ether oxygens (including phenoxy) is 1. The first-order chi connectivity index (χ1) is 16.1. The molecule has 4 rings (SSSR count). The Hall–Kier alpha value is -2.27. The number of hydrogen-bond donors (Lipinski definition) is 1. The molecule has 0 spiro atoms. The Bertz CT molecular complexity index is 929. The fourth-order valence-electron chi connectivity index (χ4n) is 5.49. The number of methoxy groups -OCH3 is 1. The van der Waals surface area contributed by atoms with Crippen LogP contribution in [0.3, 0.4) is 0 Å². The van der Waals surface area contributed by atoms with Crippen LogP contribution in [-0.4, -0.2) is 36.3 Å². The van der Waals surface area contributed by atoms with Crippen molar-refractivity contribution >= 4 is 28.7 Å². The number of rotatable bonds is 7. The van der Waals surface area contributed by atoms with Crippen LogP contribution in [0.2, 0.25) is 0 Å². The minimum atomic E-state index is 0.477. The largest absolute Gasteiger partial charge is 0.497 e. The Morgan fingerprint density at radius 1 is 1.12 bits per heavy atom. The van der Waals surface area contributed by atoms with Crippen LogP contribution in [0.5, 0.6) is 5.75 Å². The molecule has 178 valence electrons. The molecule has 2 atom stereocenters. The van der Waals surface area contributed by atoms with Gasteiger partial charge in [0.2, 0.25) is 0 Å². The molecule has 4 nitrogen and oxygen atoms in total. The second kappa shape index (κ2) is 11.2. The second-order valence-corrected chi connectivity index (χ2v) is 10.1. The normalized spacial score (nSPS) is 20.2. The molecule has 33 heavy (non-hydrogen) atoms. The fraction of sp³-hybridized carbons (Fsp3) is 0.536. The van der Waals surface area contributed by atoms with Crippen molar-refractivity contribution in [3.8, 4) is 5.75 Å². The van der Waals surface area contributed by atoms with Gasteiger partial charge in [-0.25, -0.2) is 0 Å². The third kappa shape index (κ3) is 5.81. The Kier molecular flexibility index (Phi) is 8.13. The molecule has 2 aromatic rings. The summed E-state index contributed by atoms with van der Waals surface area (Å²) in [5, 5.41) is 4.33. The van der Waals surface area contributed by atoms with E-state index in [2.05, 4.69) is 47.2 Å². The molecule has 1 fully saturated rings. The van der Waals surface area contributed by atoms with Crippen LogP contribution in [0, 0.1) is 5.92 Å². The predicted octanol–water partition coefficient (Wildman–Crippen LogP) is 6.64. The van der Waals surface area contributed by atoms with E-state index in [-0.39, 0.29) is 0 Å². The van der Waals surface area contributed by atoms with Crippen LogP contribution in [0.1, 0.15) is 63.5 Å². The van der Waals surface area contributed by atoms with E-state index in [1.807, 2.05) is 24.3 Å². The zero-order valence-electron chi connectivity index (χ0n) is 20.5. The average Bonchev–Trinajstić information content (AvgIpc) is 2.84. The summed E-state index contributed by atoms with van der Waals surface area (Å²) in [4.78, 5) is 5.01. The molecule has 0 bridgehead atoms. The molecule has 1 heterocycles. The summed E-state index contributed by atoms with van der Waals surface area (Å²) in [6, 6.07) is 15.6. The number of fused-ring (bicyclic) bond motifs is 1. The lowest BCUT2D eigenvalue weighted by Crippen LogP contribution is -2.46. The molecule has 5 heteroatoms. The van der Waals surface area contributed by atoms with Crippen molar-refractivity contribution in [3.05, 3.63) is 53.6 Å². The summed E-state index contributed by atoms with van der Waals surface area (Å²) in [5.74, 6) is 1.50. The lowest BCUT2D eigenvalue weighted by molar-refractivity contribution is 0.177. The van der Waals surface area contributed by atoms with Crippen molar-refractivity contribution in [1.82, 2.24) is 4.90 Å². The zero-order chi connectivity index (χ0) is 23.2. The van der Waals surface area contributed by atoms with E-state index >= 15 is 0 Å². The van der Waals surface area contributed by atoms with Gasteiger partial charge in [-0.3, -0.25) is 0 Å². The van der Waals surface area contributed by atoms with Gasteiger partial charge >= 0.3 is 0 Å². The van der Waals surface area contributed by atoms with Crippen molar-refractivity contribution in [2.24, 2.45) is 5.92 Å². The van der Waals surface area contributed by atoms with Gasteiger partial charge in [-0.05, 0) is 91.7 Å². The first kappa shape index (κ1) is 23.9. The van der Waals surface area contributed by atoms with Gasteiger partial charge in [0.05, 0.1) is 7.11 Å².